The normalized spacial score (nSPS) is 10.7. The lowest BCUT2D eigenvalue weighted by Crippen LogP contribution is -2.27. The van der Waals surface area contributed by atoms with E-state index in [4.69, 9.17) is 5.73 Å². The van der Waals surface area contributed by atoms with Crippen molar-refractivity contribution in [2.75, 3.05) is 12.3 Å². The molecule has 0 aromatic carbocycles. The number of hydrogen-bond acceptors (Lipinski definition) is 4. The van der Waals surface area contributed by atoms with Crippen LogP contribution in [0, 0.1) is 6.92 Å². The Bertz CT molecular complexity index is 588. The molecule has 0 saturated carbocycles. The van der Waals surface area contributed by atoms with Gasteiger partial charge in [-0.3, -0.25) is 4.79 Å². The van der Waals surface area contributed by atoms with E-state index in [9.17, 15) is 4.79 Å². The van der Waals surface area contributed by atoms with Gasteiger partial charge in [0, 0.05) is 31.1 Å². The van der Waals surface area contributed by atoms with Crippen LogP contribution < -0.4 is 11.1 Å². The molecule has 0 fully saturated rings. The number of amides is 1. The monoisotopic (exact) mass is 292 g/mol. The Kier molecular flexibility index (Phi) is 4.79. The van der Waals surface area contributed by atoms with Gasteiger partial charge in [-0.1, -0.05) is 6.92 Å². The third-order valence-corrected chi connectivity index (χ3v) is 3.77. The van der Waals surface area contributed by atoms with Gasteiger partial charge in [-0.15, -0.1) is 11.3 Å². The van der Waals surface area contributed by atoms with Crippen molar-refractivity contribution >= 4 is 22.9 Å². The molecule has 0 aliphatic heterocycles. The first-order chi connectivity index (χ1) is 9.60. The molecule has 2 aromatic rings. The molecule has 1 amide bonds. The summed E-state index contributed by atoms with van der Waals surface area (Å²) in [7, 11) is 0. The summed E-state index contributed by atoms with van der Waals surface area (Å²) in [6.45, 7) is 5.43. The highest BCUT2D eigenvalue weighted by atomic mass is 32.1. The zero-order chi connectivity index (χ0) is 14.5. The van der Waals surface area contributed by atoms with E-state index in [0.717, 1.165) is 30.1 Å². The molecule has 20 heavy (non-hydrogen) atoms. The van der Waals surface area contributed by atoms with Crippen molar-refractivity contribution in [2.45, 2.75) is 33.2 Å². The van der Waals surface area contributed by atoms with Crippen LogP contribution in [0.2, 0.25) is 0 Å². The third-order valence-electron chi connectivity index (χ3n) is 2.95. The Morgan fingerprint density at radius 3 is 3.00 bits per heavy atom. The second-order valence-corrected chi connectivity index (χ2v) is 5.78. The molecule has 0 radical (unpaired) electrons. The van der Waals surface area contributed by atoms with Crippen LogP contribution in [0.25, 0.3) is 0 Å². The molecule has 5 nitrogen and oxygen atoms in total. The molecule has 0 spiro atoms. The van der Waals surface area contributed by atoms with Gasteiger partial charge in [0.1, 0.15) is 5.69 Å². The van der Waals surface area contributed by atoms with Crippen molar-refractivity contribution in [1.29, 1.82) is 0 Å². The van der Waals surface area contributed by atoms with Gasteiger partial charge >= 0.3 is 0 Å². The van der Waals surface area contributed by atoms with Crippen molar-refractivity contribution in [1.82, 2.24) is 14.9 Å². The summed E-state index contributed by atoms with van der Waals surface area (Å²) in [6, 6.07) is 1.72. The highest BCUT2D eigenvalue weighted by Gasteiger charge is 2.12. The minimum absolute atomic E-state index is 0.0814. The maximum absolute atomic E-state index is 12.1. The van der Waals surface area contributed by atoms with Crippen LogP contribution in [-0.4, -0.2) is 22.0 Å². The first-order valence-corrected chi connectivity index (χ1v) is 7.63. The highest BCUT2D eigenvalue weighted by molar-refractivity contribution is 7.09. The summed E-state index contributed by atoms with van der Waals surface area (Å²) >= 11 is 1.63. The number of rotatable bonds is 6. The van der Waals surface area contributed by atoms with Crippen LogP contribution in [0.15, 0.2) is 17.6 Å². The number of aromatic nitrogens is 2. The zero-order valence-electron chi connectivity index (χ0n) is 11.8. The average molecular weight is 292 g/mol. The first kappa shape index (κ1) is 14.6. The molecule has 0 saturated heterocycles. The fourth-order valence-corrected chi connectivity index (χ4v) is 2.71. The molecule has 6 heteroatoms. The van der Waals surface area contributed by atoms with Crippen LogP contribution in [0.1, 0.15) is 34.5 Å². The third kappa shape index (κ3) is 3.60. The van der Waals surface area contributed by atoms with Crippen molar-refractivity contribution < 1.29 is 4.79 Å². The van der Waals surface area contributed by atoms with Crippen LogP contribution in [0.3, 0.4) is 0 Å². The predicted molar refractivity (Wildman–Crippen MR) is 82.0 cm³/mol. The fraction of sp³-hybridized carbons (Fsp3) is 0.429. The molecule has 2 aromatic heterocycles. The summed E-state index contributed by atoms with van der Waals surface area (Å²) < 4.78 is 1.90. The van der Waals surface area contributed by atoms with Crippen molar-refractivity contribution in [3.63, 3.8) is 0 Å². The van der Waals surface area contributed by atoms with Gasteiger partial charge in [-0.05, 0) is 19.4 Å². The largest absolute Gasteiger partial charge is 0.397 e. The van der Waals surface area contributed by atoms with Crippen LogP contribution in [-0.2, 0) is 13.0 Å². The number of nitrogens with one attached hydrogen (secondary N) is 1. The van der Waals surface area contributed by atoms with E-state index < -0.39 is 0 Å². The second kappa shape index (κ2) is 6.56. The number of aryl methyl sites for hydroxylation is 2. The maximum atomic E-state index is 12.1. The van der Waals surface area contributed by atoms with Gasteiger partial charge in [0.05, 0.1) is 16.4 Å². The summed E-state index contributed by atoms with van der Waals surface area (Å²) in [5.74, 6) is -0.0814. The SMILES string of the molecule is CCCn1cc(N)cc1C(=O)NCCc1csc(C)n1. The van der Waals surface area contributed by atoms with Gasteiger partial charge in [0.15, 0.2) is 0 Å². The molecule has 0 bridgehead atoms. The van der Waals surface area contributed by atoms with Crippen LogP contribution >= 0.6 is 11.3 Å². The van der Waals surface area contributed by atoms with Crippen molar-refractivity contribution in [3.05, 3.63) is 34.0 Å². The molecule has 0 aliphatic carbocycles. The van der Waals surface area contributed by atoms with Gasteiger partial charge in [0.25, 0.3) is 5.91 Å². The Labute approximate surface area is 122 Å². The lowest BCUT2D eigenvalue weighted by molar-refractivity contribution is 0.0944. The van der Waals surface area contributed by atoms with Gasteiger partial charge in [0.2, 0.25) is 0 Å². The first-order valence-electron chi connectivity index (χ1n) is 6.75. The topological polar surface area (TPSA) is 72.9 Å². The summed E-state index contributed by atoms with van der Waals surface area (Å²) in [5.41, 5.74) is 8.03. The van der Waals surface area contributed by atoms with Crippen LogP contribution in [0.5, 0.6) is 0 Å². The molecular weight excluding hydrogens is 272 g/mol. The number of nitrogen functional groups attached to an aromatic ring is 1. The summed E-state index contributed by atoms with van der Waals surface area (Å²) in [5, 5.41) is 6.00. The quantitative estimate of drug-likeness (QED) is 0.857. The number of nitrogens with zero attached hydrogens (tertiary/aromatic N) is 2. The summed E-state index contributed by atoms with van der Waals surface area (Å²) in [4.78, 5) is 16.5. The molecule has 0 unspecified atom stereocenters. The molecule has 0 aliphatic rings. The van der Waals surface area contributed by atoms with Gasteiger partial charge in [-0.2, -0.15) is 0 Å². The van der Waals surface area contributed by atoms with Crippen molar-refractivity contribution in [3.8, 4) is 0 Å². The van der Waals surface area contributed by atoms with E-state index in [1.807, 2.05) is 23.1 Å². The number of carbonyl (C=O) groups excluding carboxylic acids is 1. The number of nitrogens with two attached hydrogens (primary N) is 1. The Morgan fingerprint density at radius 1 is 1.55 bits per heavy atom. The fourth-order valence-electron chi connectivity index (χ4n) is 2.07. The van der Waals surface area contributed by atoms with E-state index in [1.54, 1.807) is 17.4 Å². The predicted octanol–water partition coefficient (Wildman–Crippen LogP) is 2.22. The molecule has 0 atom stereocenters. The Hall–Kier alpha value is -1.82. The van der Waals surface area contributed by atoms with E-state index in [2.05, 4.69) is 17.2 Å². The lowest BCUT2D eigenvalue weighted by atomic mass is 10.3. The number of anilines is 1. The summed E-state index contributed by atoms with van der Waals surface area (Å²) in [6.07, 6.45) is 3.52. The molecule has 108 valence electrons. The van der Waals surface area contributed by atoms with E-state index in [0.29, 0.717) is 17.9 Å². The van der Waals surface area contributed by atoms with Gasteiger partial charge < -0.3 is 15.6 Å². The Balaban J connectivity index is 1.91. The lowest BCUT2D eigenvalue weighted by Gasteiger charge is -2.08. The van der Waals surface area contributed by atoms with E-state index >= 15 is 0 Å². The second-order valence-electron chi connectivity index (χ2n) is 4.72. The average Bonchev–Trinajstić information content (AvgIpc) is 2.96. The van der Waals surface area contributed by atoms with Crippen LogP contribution in [0.4, 0.5) is 5.69 Å². The van der Waals surface area contributed by atoms with E-state index in [1.165, 1.54) is 0 Å². The standard InChI is InChI=1S/C14H20N4OS/c1-3-6-18-8-11(15)7-13(18)14(19)16-5-4-12-9-20-10(2)17-12/h7-9H,3-6,15H2,1-2H3,(H,16,19). The number of hydrogen-bond donors (Lipinski definition) is 2. The zero-order valence-corrected chi connectivity index (χ0v) is 12.7. The van der Waals surface area contributed by atoms with E-state index in [-0.39, 0.29) is 5.91 Å². The van der Waals surface area contributed by atoms with Crippen molar-refractivity contribution in [2.24, 2.45) is 0 Å². The minimum atomic E-state index is -0.0814. The Morgan fingerprint density at radius 2 is 2.35 bits per heavy atom. The number of thiazole rings is 1. The molecule has 2 heterocycles. The molecular formula is C14H20N4OS. The molecule has 3 N–H and O–H groups in total. The highest BCUT2D eigenvalue weighted by Crippen LogP contribution is 2.12. The minimum Gasteiger partial charge on any atom is -0.397 e. The molecule has 2 rings (SSSR count). The maximum Gasteiger partial charge on any atom is 0.267 e. The smallest absolute Gasteiger partial charge is 0.267 e. The number of carbonyl (C=O) groups is 1. The van der Waals surface area contributed by atoms with Gasteiger partial charge in [-0.25, -0.2) is 4.98 Å².